The second-order valence-corrected chi connectivity index (χ2v) is 5.69. The van der Waals surface area contributed by atoms with Crippen LogP contribution in [0.15, 0.2) is 60.7 Å². The van der Waals surface area contributed by atoms with Gasteiger partial charge in [0.05, 0.1) is 12.3 Å². The molecular formula is C19H17F2N3O3. The highest BCUT2D eigenvalue weighted by molar-refractivity contribution is 5.88. The van der Waals surface area contributed by atoms with Gasteiger partial charge in [-0.2, -0.15) is 8.78 Å². The van der Waals surface area contributed by atoms with E-state index in [4.69, 9.17) is 4.74 Å². The smallest absolute Gasteiger partial charge is 0.361 e. The van der Waals surface area contributed by atoms with Crippen molar-refractivity contribution in [2.75, 3.05) is 6.61 Å². The van der Waals surface area contributed by atoms with E-state index in [-0.39, 0.29) is 17.9 Å². The molecule has 0 saturated carbocycles. The number of carbonyl (C=O) groups excluding carboxylic acids is 1. The van der Waals surface area contributed by atoms with E-state index in [0.29, 0.717) is 0 Å². The highest BCUT2D eigenvalue weighted by Gasteiger charge is 2.48. The zero-order valence-corrected chi connectivity index (χ0v) is 14.4. The molecule has 1 unspecified atom stereocenters. The number of hydrogen-bond donors (Lipinski definition) is 1. The predicted octanol–water partition coefficient (Wildman–Crippen LogP) is 3.27. The van der Waals surface area contributed by atoms with Crippen LogP contribution in [-0.4, -0.2) is 32.7 Å². The number of carbonyl (C=O) groups is 1. The lowest BCUT2D eigenvalue weighted by atomic mass is 9.99. The molecule has 6 nitrogen and oxygen atoms in total. The van der Waals surface area contributed by atoms with Crippen molar-refractivity contribution in [3.63, 3.8) is 0 Å². The summed E-state index contributed by atoms with van der Waals surface area (Å²) in [6.07, 6.45) is -2.20. The maximum Gasteiger partial charge on any atom is 0.361 e. The van der Waals surface area contributed by atoms with Crippen molar-refractivity contribution in [1.29, 1.82) is 0 Å². The third-order valence-electron chi connectivity index (χ3n) is 3.91. The summed E-state index contributed by atoms with van der Waals surface area (Å²) in [6.45, 7) is 1.54. The second-order valence-electron chi connectivity index (χ2n) is 5.69. The lowest BCUT2D eigenvalue weighted by molar-refractivity contribution is -0.122. The van der Waals surface area contributed by atoms with Gasteiger partial charge in [0.15, 0.2) is 5.69 Å². The number of para-hydroxylation sites is 1. The molecule has 1 N–H and O–H groups in total. The molecule has 3 rings (SSSR count). The van der Waals surface area contributed by atoms with E-state index in [9.17, 15) is 9.90 Å². The Labute approximate surface area is 154 Å². The lowest BCUT2D eigenvalue weighted by Gasteiger charge is -2.24. The first-order valence-electron chi connectivity index (χ1n) is 8.26. The minimum absolute atomic E-state index is 0.00174. The van der Waals surface area contributed by atoms with Gasteiger partial charge in [0.2, 0.25) is 5.69 Å². The van der Waals surface area contributed by atoms with Crippen molar-refractivity contribution in [1.82, 2.24) is 15.0 Å². The van der Waals surface area contributed by atoms with Crippen LogP contribution in [0.3, 0.4) is 0 Å². The molecule has 0 saturated heterocycles. The fraction of sp³-hybridized carbons (Fsp3) is 0.211. The van der Waals surface area contributed by atoms with E-state index in [1.807, 2.05) is 0 Å². The fourth-order valence-corrected chi connectivity index (χ4v) is 2.64. The summed E-state index contributed by atoms with van der Waals surface area (Å²) in [5.74, 6) is -4.89. The Balaban J connectivity index is 2.16. The zero-order chi connectivity index (χ0) is 19.4. The predicted molar refractivity (Wildman–Crippen MR) is 92.6 cm³/mol. The molecule has 3 aromatic rings. The number of aliphatic hydroxyl groups is 1. The van der Waals surface area contributed by atoms with Crippen LogP contribution in [0.2, 0.25) is 0 Å². The minimum Gasteiger partial charge on any atom is -0.461 e. The van der Waals surface area contributed by atoms with E-state index in [2.05, 4.69) is 10.3 Å². The Morgan fingerprint density at radius 3 is 2.33 bits per heavy atom. The summed E-state index contributed by atoms with van der Waals surface area (Å²) < 4.78 is 36.3. The maximum absolute atomic E-state index is 15.3. The third-order valence-corrected chi connectivity index (χ3v) is 3.91. The van der Waals surface area contributed by atoms with Gasteiger partial charge in [-0.05, 0) is 24.6 Å². The van der Waals surface area contributed by atoms with Gasteiger partial charge in [0.25, 0.3) is 0 Å². The van der Waals surface area contributed by atoms with Crippen molar-refractivity contribution < 1.29 is 23.4 Å². The molecule has 27 heavy (non-hydrogen) atoms. The Bertz CT molecular complexity index is 914. The summed E-state index contributed by atoms with van der Waals surface area (Å²) in [4.78, 5) is 12.2. The Morgan fingerprint density at radius 2 is 1.74 bits per heavy atom. The molecule has 0 aliphatic carbocycles. The van der Waals surface area contributed by atoms with Crippen molar-refractivity contribution in [2.24, 2.45) is 0 Å². The highest BCUT2D eigenvalue weighted by atomic mass is 19.3. The molecule has 2 aromatic carbocycles. The van der Waals surface area contributed by atoms with Crippen LogP contribution in [-0.2, 0) is 10.7 Å². The summed E-state index contributed by atoms with van der Waals surface area (Å²) in [7, 11) is 0. The number of aromatic nitrogens is 3. The number of benzene rings is 2. The van der Waals surface area contributed by atoms with Gasteiger partial charge < -0.3 is 9.84 Å². The molecule has 0 aliphatic heterocycles. The van der Waals surface area contributed by atoms with Crippen LogP contribution in [0.4, 0.5) is 8.78 Å². The summed E-state index contributed by atoms with van der Waals surface area (Å²) >= 11 is 0. The average molecular weight is 373 g/mol. The summed E-state index contributed by atoms with van der Waals surface area (Å²) in [5.41, 5.74) is -1.20. The SMILES string of the molecule is CCOC(=O)c1nnn(-c2ccccc2)c1C(F)(F)C(O)c1ccccc1. The Hall–Kier alpha value is -3.13. The van der Waals surface area contributed by atoms with Crippen LogP contribution >= 0.6 is 0 Å². The van der Waals surface area contributed by atoms with Gasteiger partial charge in [-0.25, -0.2) is 9.48 Å². The molecule has 0 amide bonds. The van der Waals surface area contributed by atoms with Gasteiger partial charge in [0.1, 0.15) is 6.10 Å². The molecule has 8 heteroatoms. The molecule has 140 valence electrons. The van der Waals surface area contributed by atoms with Crippen LogP contribution in [0.5, 0.6) is 0 Å². The normalized spacial score (nSPS) is 12.6. The van der Waals surface area contributed by atoms with Crippen LogP contribution in [0, 0.1) is 0 Å². The number of nitrogens with zero attached hydrogens (tertiary/aromatic N) is 3. The largest absolute Gasteiger partial charge is 0.461 e. The number of hydrogen-bond acceptors (Lipinski definition) is 5. The average Bonchev–Trinajstić information content (AvgIpc) is 3.15. The van der Waals surface area contributed by atoms with Gasteiger partial charge in [-0.15, -0.1) is 5.10 Å². The maximum atomic E-state index is 15.3. The molecule has 1 heterocycles. The van der Waals surface area contributed by atoms with Gasteiger partial charge >= 0.3 is 11.9 Å². The highest BCUT2D eigenvalue weighted by Crippen LogP contribution is 2.42. The van der Waals surface area contributed by atoms with Crippen LogP contribution in [0.1, 0.15) is 34.8 Å². The van der Waals surface area contributed by atoms with Crippen LogP contribution in [0.25, 0.3) is 5.69 Å². The quantitative estimate of drug-likeness (QED) is 0.671. The Morgan fingerprint density at radius 1 is 1.15 bits per heavy atom. The number of rotatable bonds is 6. The lowest BCUT2D eigenvalue weighted by Crippen LogP contribution is -2.29. The van der Waals surface area contributed by atoms with Gasteiger partial charge in [-0.3, -0.25) is 0 Å². The van der Waals surface area contributed by atoms with E-state index in [0.717, 1.165) is 4.68 Å². The first kappa shape index (κ1) is 18.7. The van der Waals surface area contributed by atoms with Crippen molar-refractivity contribution in [3.05, 3.63) is 77.6 Å². The Kier molecular flexibility index (Phi) is 5.27. The summed E-state index contributed by atoms with van der Waals surface area (Å²) in [5, 5.41) is 17.7. The molecule has 0 fully saturated rings. The molecule has 0 aliphatic rings. The first-order valence-corrected chi connectivity index (χ1v) is 8.26. The van der Waals surface area contributed by atoms with E-state index in [1.54, 1.807) is 31.2 Å². The third kappa shape index (κ3) is 3.56. The second kappa shape index (κ2) is 7.63. The van der Waals surface area contributed by atoms with Gasteiger partial charge in [0, 0.05) is 0 Å². The number of aliphatic hydroxyl groups excluding tert-OH is 1. The molecule has 1 atom stereocenters. The number of alkyl halides is 2. The van der Waals surface area contributed by atoms with E-state index < -0.39 is 29.4 Å². The monoisotopic (exact) mass is 373 g/mol. The van der Waals surface area contributed by atoms with Crippen LogP contribution < -0.4 is 0 Å². The topological polar surface area (TPSA) is 77.2 Å². The molecule has 0 spiro atoms. The standard InChI is InChI=1S/C19H17F2N3O3/c1-2-27-18(26)15-16(24(23-22-15)14-11-7-4-8-12-14)19(20,21)17(25)13-9-5-3-6-10-13/h3-12,17,25H,2H2,1H3. The van der Waals surface area contributed by atoms with Gasteiger partial charge in [-0.1, -0.05) is 53.7 Å². The molecule has 1 aromatic heterocycles. The zero-order valence-electron chi connectivity index (χ0n) is 14.4. The first-order chi connectivity index (χ1) is 13.0. The number of esters is 1. The van der Waals surface area contributed by atoms with Crippen molar-refractivity contribution >= 4 is 5.97 Å². The number of ether oxygens (including phenoxy) is 1. The molecule has 0 bridgehead atoms. The fourth-order valence-electron chi connectivity index (χ4n) is 2.64. The summed E-state index contributed by atoms with van der Waals surface area (Å²) in [6, 6.07) is 15.5. The van der Waals surface area contributed by atoms with Crippen molar-refractivity contribution in [3.8, 4) is 5.69 Å². The molecular weight excluding hydrogens is 356 g/mol. The van der Waals surface area contributed by atoms with E-state index in [1.165, 1.54) is 36.4 Å². The molecule has 0 radical (unpaired) electrons. The number of halogens is 2. The minimum atomic E-state index is -3.86. The van der Waals surface area contributed by atoms with E-state index >= 15 is 8.78 Å². The van der Waals surface area contributed by atoms with Crippen molar-refractivity contribution in [2.45, 2.75) is 19.0 Å².